The molecule has 0 bridgehead atoms. The van der Waals surface area contributed by atoms with Gasteiger partial charge in [0.1, 0.15) is 5.82 Å². The Hall–Kier alpha value is -2.22. The molecule has 1 nitrogen and oxygen atoms in total. The van der Waals surface area contributed by atoms with Crippen molar-refractivity contribution in [3.05, 3.63) is 65.6 Å². The minimum Gasteiger partial charge on any atom is -0.252 e. The summed E-state index contributed by atoms with van der Waals surface area (Å²) in [5, 5.41) is 1.16. The van der Waals surface area contributed by atoms with Crippen LogP contribution in [0.2, 0.25) is 0 Å². The summed E-state index contributed by atoms with van der Waals surface area (Å²) in [6, 6.07) is 15.2. The van der Waals surface area contributed by atoms with Gasteiger partial charge in [-0.15, -0.1) is 0 Å². The lowest BCUT2D eigenvalue weighted by Crippen LogP contribution is -2.03. The standard InChI is InChI=1S/C21H20FN/c1-13(2)19-20(14-9-11-16(22)12-10-14)17-5-3-4-6-18(17)23-21(19)15-7-8-15/h3-6,9-13,15H,7-8H2,1-2H3. The molecule has 0 aliphatic heterocycles. The fourth-order valence-corrected chi connectivity index (χ4v) is 3.43. The monoisotopic (exact) mass is 305 g/mol. The first-order chi connectivity index (χ1) is 11.1. The highest BCUT2D eigenvalue weighted by molar-refractivity contribution is 5.97. The molecule has 0 atom stereocenters. The molecule has 0 saturated heterocycles. The molecule has 0 N–H and O–H groups in total. The summed E-state index contributed by atoms with van der Waals surface area (Å²) in [7, 11) is 0. The van der Waals surface area contributed by atoms with Gasteiger partial charge < -0.3 is 0 Å². The largest absolute Gasteiger partial charge is 0.252 e. The maximum absolute atomic E-state index is 13.4. The van der Waals surface area contributed by atoms with Crippen LogP contribution in [0.4, 0.5) is 4.39 Å². The molecule has 1 aliphatic rings. The Bertz CT molecular complexity index is 861. The number of hydrogen-bond acceptors (Lipinski definition) is 1. The molecule has 2 heteroatoms. The molecule has 1 saturated carbocycles. The van der Waals surface area contributed by atoms with Gasteiger partial charge >= 0.3 is 0 Å². The van der Waals surface area contributed by atoms with Gasteiger partial charge in [0, 0.05) is 17.0 Å². The van der Waals surface area contributed by atoms with Crippen molar-refractivity contribution in [2.24, 2.45) is 0 Å². The summed E-state index contributed by atoms with van der Waals surface area (Å²) >= 11 is 0. The Balaban J connectivity index is 2.09. The number of benzene rings is 2. The van der Waals surface area contributed by atoms with Crippen molar-refractivity contribution < 1.29 is 4.39 Å². The molecule has 23 heavy (non-hydrogen) atoms. The van der Waals surface area contributed by atoms with E-state index in [1.165, 1.54) is 29.7 Å². The third kappa shape index (κ3) is 2.52. The van der Waals surface area contributed by atoms with Gasteiger partial charge in [0.25, 0.3) is 0 Å². The van der Waals surface area contributed by atoms with Crippen LogP contribution < -0.4 is 0 Å². The van der Waals surface area contributed by atoms with E-state index in [0.29, 0.717) is 11.8 Å². The summed E-state index contributed by atoms with van der Waals surface area (Å²) in [5.74, 6) is 0.791. The van der Waals surface area contributed by atoms with Crippen LogP contribution in [0.25, 0.3) is 22.0 Å². The van der Waals surface area contributed by atoms with Gasteiger partial charge in [0.2, 0.25) is 0 Å². The van der Waals surface area contributed by atoms with E-state index in [-0.39, 0.29) is 5.82 Å². The lowest BCUT2D eigenvalue weighted by molar-refractivity contribution is 0.628. The summed E-state index contributed by atoms with van der Waals surface area (Å²) in [5.41, 5.74) is 5.93. The van der Waals surface area contributed by atoms with E-state index in [1.54, 1.807) is 12.1 Å². The van der Waals surface area contributed by atoms with E-state index in [2.05, 4.69) is 32.0 Å². The molecule has 1 heterocycles. The highest BCUT2D eigenvalue weighted by atomic mass is 19.1. The summed E-state index contributed by atoms with van der Waals surface area (Å²) in [4.78, 5) is 4.99. The number of nitrogens with zero attached hydrogens (tertiary/aromatic N) is 1. The zero-order valence-corrected chi connectivity index (χ0v) is 13.5. The maximum atomic E-state index is 13.4. The van der Waals surface area contributed by atoms with Crippen LogP contribution in [0.3, 0.4) is 0 Å². The fraction of sp³-hybridized carbons (Fsp3) is 0.286. The molecule has 3 aromatic rings. The second-order valence-electron chi connectivity index (χ2n) is 6.74. The second-order valence-corrected chi connectivity index (χ2v) is 6.74. The van der Waals surface area contributed by atoms with E-state index < -0.39 is 0 Å². The van der Waals surface area contributed by atoms with Gasteiger partial charge in [0.15, 0.2) is 0 Å². The second kappa shape index (κ2) is 5.45. The minimum atomic E-state index is -0.194. The van der Waals surface area contributed by atoms with Crippen LogP contribution in [-0.4, -0.2) is 4.98 Å². The van der Waals surface area contributed by atoms with Gasteiger partial charge in [-0.2, -0.15) is 0 Å². The van der Waals surface area contributed by atoms with Crippen molar-refractivity contribution in [3.8, 4) is 11.1 Å². The molecular weight excluding hydrogens is 285 g/mol. The van der Waals surface area contributed by atoms with E-state index in [1.807, 2.05) is 18.2 Å². The van der Waals surface area contributed by atoms with Crippen LogP contribution in [-0.2, 0) is 0 Å². The number of fused-ring (bicyclic) bond motifs is 1. The fourth-order valence-electron chi connectivity index (χ4n) is 3.43. The van der Waals surface area contributed by atoms with Crippen LogP contribution in [0, 0.1) is 5.82 Å². The lowest BCUT2D eigenvalue weighted by atomic mass is 9.87. The molecule has 0 radical (unpaired) electrons. The van der Waals surface area contributed by atoms with Crippen molar-refractivity contribution in [1.82, 2.24) is 4.98 Å². The number of aromatic nitrogens is 1. The zero-order valence-electron chi connectivity index (χ0n) is 13.5. The van der Waals surface area contributed by atoms with E-state index >= 15 is 0 Å². The first kappa shape index (κ1) is 14.4. The van der Waals surface area contributed by atoms with Crippen LogP contribution in [0.15, 0.2) is 48.5 Å². The highest BCUT2D eigenvalue weighted by Gasteiger charge is 2.31. The summed E-state index contributed by atoms with van der Waals surface area (Å²) < 4.78 is 13.4. The molecular formula is C21H20FN. The van der Waals surface area contributed by atoms with Gasteiger partial charge in [-0.25, -0.2) is 4.39 Å². The molecule has 0 amide bonds. The van der Waals surface area contributed by atoms with Crippen molar-refractivity contribution >= 4 is 10.9 Å². The van der Waals surface area contributed by atoms with Crippen molar-refractivity contribution in [3.63, 3.8) is 0 Å². The third-order valence-electron chi connectivity index (χ3n) is 4.63. The first-order valence-corrected chi connectivity index (χ1v) is 8.33. The Morgan fingerprint density at radius 3 is 2.35 bits per heavy atom. The van der Waals surface area contributed by atoms with Crippen molar-refractivity contribution in [1.29, 1.82) is 0 Å². The first-order valence-electron chi connectivity index (χ1n) is 8.33. The topological polar surface area (TPSA) is 12.9 Å². The Morgan fingerprint density at radius 1 is 1.00 bits per heavy atom. The molecule has 4 rings (SSSR count). The van der Waals surface area contributed by atoms with Crippen molar-refractivity contribution in [2.75, 3.05) is 0 Å². The molecule has 2 aromatic carbocycles. The number of rotatable bonds is 3. The molecule has 1 fully saturated rings. The lowest BCUT2D eigenvalue weighted by Gasteiger charge is -2.20. The average Bonchev–Trinajstić information content (AvgIpc) is 3.38. The SMILES string of the molecule is CC(C)c1c(C2CC2)nc2ccccc2c1-c1ccc(F)cc1. The number of hydrogen-bond donors (Lipinski definition) is 0. The van der Waals surface area contributed by atoms with E-state index in [0.717, 1.165) is 16.5 Å². The molecule has 116 valence electrons. The van der Waals surface area contributed by atoms with Crippen LogP contribution in [0.1, 0.15) is 49.8 Å². The van der Waals surface area contributed by atoms with Crippen molar-refractivity contribution in [2.45, 2.75) is 38.5 Å². The quantitative estimate of drug-likeness (QED) is 0.574. The van der Waals surface area contributed by atoms with Crippen LogP contribution in [0.5, 0.6) is 0 Å². The average molecular weight is 305 g/mol. The molecule has 1 aliphatic carbocycles. The normalized spacial score (nSPS) is 14.6. The predicted octanol–water partition coefficient (Wildman–Crippen LogP) is 6.04. The highest BCUT2D eigenvalue weighted by Crippen LogP contribution is 2.46. The summed E-state index contributed by atoms with van der Waals surface area (Å²) in [6.07, 6.45) is 2.46. The Labute approximate surface area is 136 Å². The number of halogens is 1. The Kier molecular flexibility index (Phi) is 3.41. The molecule has 0 unspecified atom stereocenters. The van der Waals surface area contributed by atoms with Gasteiger partial charge in [0.05, 0.1) is 5.52 Å². The molecule has 0 spiro atoms. The van der Waals surface area contributed by atoms with Gasteiger partial charge in [-0.05, 0) is 53.6 Å². The maximum Gasteiger partial charge on any atom is 0.123 e. The van der Waals surface area contributed by atoms with Gasteiger partial charge in [-0.3, -0.25) is 4.98 Å². The summed E-state index contributed by atoms with van der Waals surface area (Å²) in [6.45, 7) is 4.45. The Morgan fingerprint density at radius 2 is 1.70 bits per heavy atom. The van der Waals surface area contributed by atoms with Crippen LogP contribution >= 0.6 is 0 Å². The predicted molar refractivity (Wildman–Crippen MR) is 93.2 cm³/mol. The van der Waals surface area contributed by atoms with E-state index in [4.69, 9.17) is 4.98 Å². The molecule has 1 aromatic heterocycles. The van der Waals surface area contributed by atoms with Gasteiger partial charge in [-0.1, -0.05) is 44.2 Å². The zero-order chi connectivity index (χ0) is 16.0. The smallest absolute Gasteiger partial charge is 0.123 e. The number of pyridine rings is 1. The minimum absolute atomic E-state index is 0.194. The third-order valence-corrected chi connectivity index (χ3v) is 4.63. The number of para-hydroxylation sites is 1. The van der Waals surface area contributed by atoms with E-state index in [9.17, 15) is 4.39 Å².